The predicted octanol–water partition coefficient (Wildman–Crippen LogP) is 3.89. The summed E-state index contributed by atoms with van der Waals surface area (Å²) in [6, 6.07) is 18.9. The summed E-state index contributed by atoms with van der Waals surface area (Å²) in [5.74, 6) is -0.561. The highest BCUT2D eigenvalue weighted by molar-refractivity contribution is 5.95. The molecule has 0 aliphatic rings. The number of carbonyl (C=O) groups excluding carboxylic acids is 2. The van der Waals surface area contributed by atoms with Gasteiger partial charge >= 0.3 is 5.97 Å². The Bertz CT molecular complexity index is 1110. The quantitative estimate of drug-likeness (QED) is 0.221. The minimum Gasteiger partial charge on any atom is -0.423 e. The molecular formula is C22H17N3O5. The zero-order valence-electron chi connectivity index (χ0n) is 15.9. The number of nitro groups is 1. The van der Waals surface area contributed by atoms with Crippen LogP contribution in [0.25, 0.3) is 0 Å². The highest BCUT2D eigenvalue weighted by Crippen LogP contribution is 2.15. The Labute approximate surface area is 172 Å². The van der Waals surface area contributed by atoms with Gasteiger partial charge in [-0.25, -0.2) is 10.2 Å². The summed E-state index contributed by atoms with van der Waals surface area (Å²) < 4.78 is 5.34. The Morgan fingerprint density at radius 2 is 1.70 bits per heavy atom. The number of ether oxygens (including phenoxy) is 1. The molecule has 0 saturated heterocycles. The van der Waals surface area contributed by atoms with Crippen LogP contribution in [0.15, 0.2) is 77.9 Å². The Hall–Kier alpha value is -4.33. The van der Waals surface area contributed by atoms with Gasteiger partial charge in [0.2, 0.25) is 0 Å². The number of esters is 1. The third-order valence-electron chi connectivity index (χ3n) is 4.06. The lowest BCUT2D eigenvalue weighted by Crippen LogP contribution is -2.17. The molecule has 1 N–H and O–H groups in total. The van der Waals surface area contributed by atoms with E-state index in [4.69, 9.17) is 4.74 Å². The maximum absolute atomic E-state index is 12.2. The van der Waals surface area contributed by atoms with Crippen LogP contribution in [0.5, 0.6) is 5.75 Å². The molecule has 0 aliphatic heterocycles. The number of hydrogen-bond acceptors (Lipinski definition) is 6. The van der Waals surface area contributed by atoms with E-state index in [-0.39, 0.29) is 11.3 Å². The summed E-state index contributed by atoms with van der Waals surface area (Å²) >= 11 is 0. The molecule has 0 fully saturated rings. The minimum absolute atomic E-state index is 0.0989. The first-order valence-corrected chi connectivity index (χ1v) is 8.89. The van der Waals surface area contributed by atoms with Crippen LogP contribution in [0.1, 0.15) is 31.8 Å². The van der Waals surface area contributed by atoms with Gasteiger partial charge in [-0.2, -0.15) is 5.10 Å². The van der Waals surface area contributed by atoms with Crippen LogP contribution in [-0.2, 0) is 0 Å². The normalized spacial score (nSPS) is 10.6. The van der Waals surface area contributed by atoms with E-state index in [9.17, 15) is 19.7 Å². The van der Waals surface area contributed by atoms with E-state index in [1.54, 1.807) is 42.5 Å². The van der Waals surface area contributed by atoms with Crippen molar-refractivity contribution >= 4 is 23.8 Å². The van der Waals surface area contributed by atoms with Crippen LogP contribution < -0.4 is 10.2 Å². The molecule has 8 heteroatoms. The lowest BCUT2D eigenvalue weighted by molar-refractivity contribution is -0.384. The molecule has 0 aliphatic carbocycles. The van der Waals surface area contributed by atoms with Gasteiger partial charge in [-0.05, 0) is 61.0 Å². The van der Waals surface area contributed by atoms with Crippen molar-refractivity contribution in [3.63, 3.8) is 0 Å². The highest BCUT2D eigenvalue weighted by Gasteiger charge is 2.09. The Morgan fingerprint density at radius 1 is 1.00 bits per heavy atom. The average molecular weight is 403 g/mol. The molecule has 0 heterocycles. The van der Waals surface area contributed by atoms with E-state index in [1.807, 2.05) is 13.0 Å². The van der Waals surface area contributed by atoms with Crippen molar-refractivity contribution in [1.82, 2.24) is 5.43 Å². The lowest BCUT2D eigenvalue weighted by atomic mass is 10.1. The Balaban J connectivity index is 1.56. The maximum atomic E-state index is 12.2. The molecule has 0 atom stereocenters. The zero-order chi connectivity index (χ0) is 21.5. The number of nitrogens with one attached hydrogen (secondary N) is 1. The molecule has 1 amide bonds. The SMILES string of the molecule is Cc1cccc(C(=O)Oc2ccc(/C=N\NC(=O)c3ccc([N+](=O)[O-])cc3)cc2)c1. The van der Waals surface area contributed by atoms with Crippen molar-refractivity contribution in [2.75, 3.05) is 0 Å². The molecule has 3 aromatic carbocycles. The zero-order valence-corrected chi connectivity index (χ0v) is 15.9. The molecule has 8 nitrogen and oxygen atoms in total. The first-order chi connectivity index (χ1) is 14.4. The number of aryl methyl sites for hydroxylation is 1. The van der Waals surface area contributed by atoms with Gasteiger partial charge < -0.3 is 4.74 Å². The largest absolute Gasteiger partial charge is 0.423 e. The van der Waals surface area contributed by atoms with Gasteiger partial charge in [0.15, 0.2) is 0 Å². The number of non-ortho nitro benzene ring substituents is 1. The third kappa shape index (κ3) is 5.35. The van der Waals surface area contributed by atoms with Gasteiger partial charge in [0, 0.05) is 17.7 Å². The van der Waals surface area contributed by atoms with E-state index in [2.05, 4.69) is 10.5 Å². The number of benzene rings is 3. The number of hydrogen-bond donors (Lipinski definition) is 1. The average Bonchev–Trinajstić information content (AvgIpc) is 2.75. The van der Waals surface area contributed by atoms with Crippen LogP contribution >= 0.6 is 0 Å². The number of nitro benzene ring substituents is 1. The fourth-order valence-electron chi connectivity index (χ4n) is 2.52. The van der Waals surface area contributed by atoms with Crippen molar-refractivity contribution < 1.29 is 19.2 Å². The molecule has 0 saturated carbocycles. The van der Waals surface area contributed by atoms with Crippen LogP contribution in [-0.4, -0.2) is 23.0 Å². The molecule has 3 rings (SSSR count). The molecule has 0 spiro atoms. The van der Waals surface area contributed by atoms with Crippen molar-refractivity contribution in [2.24, 2.45) is 5.10 Å². The maximum Gasteiger partial charge on any atom is 0.343 e. The van der Waals surface area contributed by atoms with Gasteiger partial charge in [0.05, 0.1) is 16.7 Å². The Morgan fingerprint density at radius 3 is 2.33 bits per heavy atom. The smallest absolute Gasteiger partial charge is 0.343 e. The van der Waals surface area contributed by atoms with Crippen molar-refractivity contribution in [3.05, 3.63) is 105 Å². The summed E-state index contributed by atoms with van der Waals surface area (Å²) in [5.41, 5.74) is 4.60. The second-order valence-electron chi connectivity index (χ2n) is 6.33. The van der Waals surface area contributed by atoms with E-state index in [0.29, 0.717) is 16.9 Å². The highest BCUT2D eigenvalue weighted by atomic mass is 16.6. The second kappa shape index (κ2) is 9.24. The van der Waals surface area contributed by atoms with E-state index in [1.165, 1.54) is 30.5 Å². The standard InChI is InChI=1S/C22H17N3O5/c1-15-3-2-4-18(13-15)22(27)30-20-11-5-16(6-12-20)14-23-24-21(26)17-7-9-19(10-8-17)25(28)29/h2-14H,1H3,(H,24,26)/b23-14-. The van der Waals surface area contributed by atoms with Gasteiger partial charge in [-0.1, -0.05) is 17.7 Å². The number of rotatable bonds is 6. The topological polar surface area (TPSA) is 111 Å². The van der Waals surface area contributed by atoms with Gasteiger partial charge in [0.25, 0.3) is 11.6 Å². The number of carbonyl (C=O) groups is 2. The molecule has 0 unspecified atom stereocenters. The molecule has 0 radical (unpaired) electrons. The first-order valence-electron chi connectivity index (χ1n) is 8.89. The van der Waals surface area contributed by atoms with Crippen LogP contribution in [0.4, 0.5) is 5.69 Å². The van der Waals surface area contributed by atoms with E-state index >= 15 is 0 Å². The summed E-state index contributed by atoms with van der Waals surface area (Å²) in [6.07, 6.45) is 1.43. The second-order valence-corrected chi connectivity index (χ2v) is 6.33. The van der Waals surface area contributed by atoms with Gasteiger partial charge in [0.1, 0.15) is 5.75 Å². The Kier molecular flexibility index (Phi) is 6.29. The van der Waals surface area contributed by atoms with Gasteiger partial charge in [-0.3, -0.25) is 14.9 Å². The predicted molar refractivity (Wildman–Crippen MR) is 111 cm³/mol. The number of nitrogens with zero attached hydrogens (tertiary/aromatic N) is 2. The van der Waals surface area contributed by atoms with Crippen molar-refractivity contribution in [3.8, 4) is 5.75 Å². The fraction of sp³-hybridized carbons (Fsp3) is 0.0455. The van der Waals surface area contributed by atoms with Crippen molar-refractivity contribution in [1.29, 1.82) is 0 Å². The van der Waals surface area contributed by atoms with E-state index in [0.717, 1.165) is 5.56 Å². The van der Waals surface area contributed by atoms with Crippen LogP contribution in [0.3, 0.4) is 0 Å². The molecule has 0 bridgehead atoms. The summed E-state index contributed by atoms with van der Waals surface area (Å²) in [4.78, 5) is 34.2. The molecular weight excluding hydrogens is 386 g/mol. The number of hydrazone groups is 1. The van der Waals surface area contributed by atoms with Crippen LogP contribution in [0.2, 0.25) is 0 Å². The number of amides is 1. The lowest BCUT2D eigenvalue weighted by Gasteiger charge is -2.05. The van der Waals surface area contributed by atoms with Crippen LogP contribution in [0, 0.1) is 17.0 Å². The summed E-state index contributed by atoms with van der Waals surface area (Å²) in [7, 11) is 0. The minimum atomic E-state index is -0.540. The molecule has 150 valence electrons. The summed E-state index contributed by atoms with van der Waals surface area (Å²) in [5, 5.41) is 14.5. The van der Waals surface area contributed by atoms with E-state index < -0.39 is 16.8 Å². The molecule has 0 aromatic heterocycles. The third-order valence-corrected chi connectivity index (χ3v) is 4.06. The summed E-state index contributed by atoms with van der Waals surface area (Å²) in [6.45, 7) is 1.89. The van der Waals surface area contributed by atoms with Gasteiger partial charge in [-0.15, -0.1) is 0 Å². The monoisotopic (exact) mass is 403 g/mol. The van der Waals surface area contributed by atoms with Crippen molar-refractivity contribution in [2.45, 2.75) is 6.92 Å². The molecule has 3 aromatic rings. The molecule has 30 heavy (non-hydrogen) atoms. The first kappa shape index (κ1) is 20.4. The fourth-order valence-corrected chi connectivity index (χ4v) is 2.52.